The molecule has 17 heavy (non-hydrogen) atoms. The van der Waals surface area contributed by atoms with Gasteiger partial charge in [-0.3, -0.25) is 0 Å². The quantitative estimate of drug-likeness (QED) is 0.741. The fourth-order valence-corrected chi connectivity index (χ4v) is 1.89. The van der Waals surface area contributed by atoms with Crippen molar-refractivity contribution < 1.29 is 14.6 Å². The lowest BCUT2D eigenvalue weighted by molar-refractivity contribution is 0.134. The van der Waals surface area contributed by atoms with E-state index in [1.165, 1.54) is 5.56 Å². The Morgan fingerprint density at radius 1 is 1.29 bits per heavy atom. The molecule has 1 rings (SSSR count). The highest BCUT2D eigenvalue weighted by Gasteiger charge is 2.10. The third kappa shape index (κ3) is 4.75. The number of hydrogen-bond donors (Lipinski definition) is 1. The fraction of sp³-hybridized carbons (Fsp3) is 0.571. The van der Waals surface area contributed by atoms with Gasteiger partial charge in [0.15, 0.2) is 0 Å². The summed E-state index contributed by atoms with van der Waals surface area (Å²) in [5.41, 5.74) is 2.25. The van der Waals surface area contributed by atoms with Crippen LogP contribution in [0.1, 0.15) is 24.0 Å². The Morgan fingerprint density at radius 3 is 2.71 bits per heavy atom. The summed E-state index contributed by atoms with van der Waals surface area (Å²) in [4.78, 5) is 0. The maximum atomic E-state index is 9.93. The summed E-state index contributed by atoms with van der Waals surface area (Å²) in [7, 11) is 3.33. The Hall–Kier alpha value is -1.06. The molecule has 1 aromatic rings. The number of rotatable bonds is 7. The van der Waals surface area contributed by atoms with Crippen molar-refractivity contribution in [2.24, 2.45) is 0 Å². The molecule has 1 unspecified atom stereocenters. The smallest absolute Gasteiger partial charge is 0.122 e. The summed E-state index contributed by atoms with van der Waals surface area (Å²) >= 11 is 0. The van der Waals surface area contributed by atoms with Crippen LogP contribution in [0.4, 0.5) is 0 Å². The normalized spacial score (nSPS) is 12.5. The zero-order valence-corrected chi connectivity index (χ0v) is 10.9. The number of methoxy groups -OCH3 is 2. The second-order valence-corrected chi connectivity index (χ2v) is 4.31. The van der Waals surface area contributed by atoms with E-state index in [0.29, 0.717) is 13.0 Å². The van der Waals surface area contributed by atoms with Crippen molar-refractivity contribution in [1.29, 1.82) is 0 Å². The van der Waals surface area contributed by atoms with Crippen molar-refractivity contribution in [3.05, 3.63) is 29.3 Å². The molecular weight excluding hydrogens is 216 g/mol. The number of aliphatic hydroxyl groups excluding tert-OH is 1. The SMILES string of the molecule is COCCCC(O)Cc1cc(C)ccc1OC. The van der Waals surface area contributed by atoms with Crippen LogP contribution in [-0.4, -0.2) is 32.0 Å². The van der Waals surface area contributed by atoms with Crippen LogP contribution in [0.15, 0.2) is 18.2 Å². The average Bonchev–Trinajstić information content (AvgIpc) is 2.29. The van der Waals surface area contributed by atoms with Crippen LogP contribution in [0.2, 0.25) is 0 Å². The van der Waals surface area contributed by atoms with Crippen LogP contribution in [-0.2, 0) is 11.2 Å². The molecule has 1 atom stereocenters. The van der Waals surface area contributed by atoms with Crippen LogP contribution in [0.3, 0.4) is 0 Å². The van der Waals surface area contributed by atoms with Crippen molar-refractivity contribution >= 4 is 0 Å². The highest BCUT2D eigenvalue weighted by atomic mass is 16.5. The van der Waals surface area contributed by atoms with Crippen LogP contribution in [0.5, 0.6) is 5.75 Å². The number of hydrogen-bond acceptors (Lipinski definition) is 3. The van der Waals surface area contributed by atoms with E-state index in [0.717, 1.165) is 24.2 Å². The molecule has 0 aliphatic heterocycles. The van der Waals surface area contributed by atoms with Gasteiger partial charge in [-0.25, -0.2) is 0 Å². The molecule has 0 fully saturated rings. The first-order valence-electron chi connectivity index (χ1n) is 5.98. The van der Waals surface area contributed by atoms with Crippen molar-refractivity contribution in [2.75, 3.05) is 20.8 Å². The second-order valence-electron chi connectivity index (χ2n) is 4.31. The van der Waals surface area contributed by atoms with Crippen LogP contribution in [0, 0.1) is 6.92 Å². The van der Waals surface area contributed by atoms with Gasteiger partial charge in [-0.1, -0.05) is 17.7 Å². The summed E-state index contributed by atoms with van der Waals surface area (Å²) in [6.45, 7) is 2.74. The Labute approximate surface area is 103 Å². The Balaban J connectivity index is 2.57. The number of aliphatic hydroxyl groups is 1. The molecule has 0 spiro atoms. The minimum absolute atomic E-state index is 0.333. The molecule has 96 valence electrons. The number of ether oxygens (including phenoxy) is 2. The molecule has 0 amide bonds. The van der Waals surface area contributed by atoms with Gasteiger partial charge in [-0.05, 0) is 31.4 Å². The first-order valence-corrected chi connectivity index (χ1v) is 5.98. The first kappa shape index (κ1) is 14.0. The number of aryl methyl sites for hydroxylation is 1. The molecule has 0 saturated carbocycles. The molecule has 3 heteroatoms. The fourth-order valence-electron chi connectivity index (χ4n) is 1.89. The monoisotopic (exact) mass is 238 g/mol. The molecule has 0 bridgehead atoms. The summed E-state index contributed by atoms with van der Waals surface area (Å²) in [6.07, 6.45) is 1.94. The van der Waals surface area contributed by atoms with E-state index in [4.69, 9.17) is 9.47 Å². The van der Waals surface area contributed by atoms with Gasteiger partial charge in [0.05, 0.1) is 13.2 Å². The summed E-state index contributed by atoms with van der Waals surface area (Å²) < 4.78 is 10.3. The highest BCUT2D eigenvalue weighted by Crippen LogP contribution is 2.22. The lowest BCUT2D eigenvalue weighted by Crippen LogP contribution is -2.12. The van der Waals surface area contributed by atoms with Crippen LogP contribution >= 0.6 is 0 Å². The van der Waals surface area contributed by atoms with Crippen LogP contribution in [0.25, 0.3) is 0 Å². The number of benzene rings is 1. The predicted octanol–water partition coefficient (Wildman–Crippen LogP) is 2.33. The zero-order chi connectivity index (χ0) is 12.7. The summed E-state index contributed by atoms with van der Waals surface area (Å²) in [6, 6.07) is 6.03. The maximum absolute atomic E-state index is 9.93. The zero-order valence-electron chi connectivity index (χ0n) is 10.9. The van der Waals surface area contributed by atoms with E-state index in [9.17, 15) is 5.11 Å². The van der Waals surface area contributed by atoms with E-state index in [2.05, 4.69) is 6.07 Å². The van der Waals surface area contributed by atoms with Crippen molar-refractivity contribution in [1.82, 2.24) is 0 Å². The van der Waals surface area contributed by atoms with E-state index in [1.54, 1.807) is 14.2 Å². The summed E-state index contributed by atoms with van der Waals surface area (Å²) in [5.74, 6) is 0.849. The molecule has 1 aromatic carbocycles. The van der Waals surface area contributed by atoms with Gasteiger partial charge < -0.3 is 14.6 Å². The molecule has 0 aliphatic rings. The van der Waals surface area contributed by atoms with Gasteiger partial charge in [0.1, 0.15) is 5.75 Å². The van der Waals surface area contributed by atoms with Gasteiger partial charge in [0.2, 0.25) is 0 Å². The van der Waals surface area contributed by atoms with Crippen molar-refractivity contribution in [2.45, 2.75) is 32.3 Å². The van der Waals surface area contributed by atoms with Gasteiger partial charge in [0.25, 0.3) is 0 Å². The largest absolute Gasteiger partial charge is 0.496 e. The minimum atomic E-state index is -0.333. The van der Waals surface area contributed by atoms with Crippen molar-refractivity contribution in [3.63, 3.8) is 0 Å². The van der Waals surface area contributed by atoms with Gasteiger partial charge in [-0.2, -0.15) is 0 Å². The van der Waals surface area contributed by atoms with Crippen LogP contribution < -0.4 is 4.74 Å². The Morgan fingerprint density at radius 2 is 2.06 bits per heavy atom. The first-order chi connectivity index (χ1) is 8.17. The minimum Gasteiger partial charge on any atom is -0.496 e. The Kier molecular flexibility index (Phi) is 6.01. The lowest BCUT2D eigenvalue weighted by atomic mass is 10.0. The molecule has 0 radical (unpaired) electrons. The average molecular weight is 238 g/mol. The van der Waals surface area contributed by atoms with Gasteiger partial charge in [0, 0.05) is 20.1 Å². The van der Waals surface area contributed by atoms with Crippen molar-refractivity contribution in [3.8, 4) is 5.75 Å². The molecule has 0 saturated heterocycles. The molecule has 1 N–H and O–H groups in total. The molecule has 3 nitrogen and oxygen atoms in total. The van der Waals surface area contributed by atoms with E-state index in [1.807, 2.05) is 19.1 Å². The molecule has 0 heterocycles. The molecular formula is C14H22O3. The van der Waals surface area contributed by atoms with E-state index < -0.39 is 0 Å². The molecule has 0 aromatic heterocycles. The third-order valence-electron chi connectivity index (χ3n) is 2.78. The van der Waals surface area contributed by atoms with E-state index in [-0.39, 0.29) is 6.10 Å². The lowest BCUT2D eigenvalue weighted by Gasteiger charge is -2.14. The van der Waals surface area contributed by atoms with E-state index >= 15 is 0 Å². The van der Waals surface area contributed by atoms with Gasteiger partial charge >= 0.3 is 0 Å². The standard InChI is InChI=1S/C14H22O3/c1-11-6-7-14(17-3)12(9-11)10-13(15)5-4-8-16-2/h6-7,9,13,15H,4-5,8,10H2,1-3H3. The topological polar surface area (TPSA) is 38.7 Å². The second kappa shape index (κ2) is 7.30. The predicted molar refractivity (Wildman–Crippen MR) is 68.6 cm³/mol. The third-order valence-corrected chi connectivity index (χ3v) is 2.78. The summed E-state index contributed by atoms with van der Waals surface area (Å²) in [5, 5.41) is 9.93. The Bertz CT molecular complexity index is 336. The molecule has 0 aliphatic carbocycles. The highest BCUT2D eigenvalue weighted by molar-refractivity contribution is 5.37. The maximum Gasteiger partial charge on any atom is 0.122 e. The van der Waals surface area contributed by atoms with Gasteiger partial charge in [-0.15, -0.1) is 0 Å².